The highest BCUT2D eigenvalue weighted by atomic mass is 35.5. The molecule has 2 heterocycles. The van der Waals surface area contributed by atoms with Crippen molar-refractivity contribution in [1.82, 2.24) is 14.8 Å². The number of hydrogen-bond acceptors (Lipinski definition) is 2. The smallest absolute Gasteiger partial charge is 0.0758 e. The van der Waals surface area contributed by atoms with Crippen molar-refractivity contribution >= 4 is 22.5 Å². The van der Waals surface area contributed by atoms with Gasteiger partial charge < -0.3 is 0 Å². The molecule has 0 unspecified atom stereocenters. The van der Waals surface area contributed by atoms with Gasteiger partial charge in [0.25, 0.3) is 0 Å². The number of rotatable bonds is 2. The van der Waals surface area contributed by atoms with Gasteiger partial charge in [-0.15, -0.1) is 11.6 Å². The van der Waals surface area contributed by atoms with Gasteiger partial charge in [0.2, 0.25) is 0 Å². The number of aryl methyl sites for hydroxylation is 1. The molecule has 18 heavy (non-hydrogen) atoms. The fourth-order valence-corrected chi connectivity index (χ4v) is 2.15. The molecule has 2 aromatic heterocycles. The van der Waals surface area contributed by atoms with Gasteiger partial charge in [0, 0.05) is 11.6 Å². The van der Waals surface area contributed by atoms with Gasteiger partial charge in [-0.1, -0.05) is 18.2 Å². The number of aromatic nitrogens is 3. The lowest BCUT2D eigenvalue weighted by molar-refractivity contribution is 0.883. The molecule has 0 fully saturated rings. The summed E-state index contributed by atoms with van der Waals surface area (Å²) in [5.74, 6) is 0.401. The van der Waals surface area contributed by atoms with Gasteiger partial charge in [-0.2, -0.15) is 5.10 Å². The fraction of sp³-hybridized carbons (Fsp3) is 0.143. The van der Waals surface area contributed by atoms with E-state index < -0.39 is 0 Å². The summed E-state index contributed by atoms with van der Waals surface area (Å²) >= 11 is 5.90. The van der Waals surface area contributed by atoms with Crippen molar-refractivity contribution in [2.75, 3.05) is 0 Å². The molecule has 0 saturated carbocycles. The second-order valence-corrected chi connectivity index (χ2v) is 4.51. The number of pyridine rings is 1. The van der Waals surface area contributed by atoms with Gasteiger partial charge in [-0.25, -0.2) is 4.68 Å². The Kier molecular flexibility index (Phi) is 2.76. The first-order chi connectivity index (χ1) is 8.78. The number of halogens is 1. The number of benzene rings is 1. The number of para-hydroxylation sites is 1. The van der Waals surface area contributed by atoms with Crippen LogP contribution in [0.3, 0.4) is 0 Å². The summed E-state index contributed by atoms with van der Waals surface area (Å²) in [4.78, 5) is 4.51. The Hall–Kier alpha value is -1.87. The molecular formula is C14H12ClN3. The second kappa shape index (κ2) is 4.42. The van der Waals surface area contributed by atoms with Gasteiger partial charge in [0.15, 0.2) is 0 Å². The zero-order valence-electron chi connectivity index (χ0n) is 9.97. The zero-order valence-corrected chi connectivity index (χ0v) is 10.7. The highest BCUT2D eigenvalue weighted by Crippen LogP contribution is 2.22. The van der Waals surface area contributed by atoms with E-state index in [1.165, 1.54) is 0 Å². The summed E-state index contributed by atoms with van der Waals surface area (Å²) < 4.78 is 1.87. The monoisotopic (exact) mass is 257 g/mol. The third-order valence-electron chi connectivity index (χ3n) is 2.84. The predicted molar refractivity (Wildman–Crippen MR) is 73.2 cm³/mol. The van der Waals surface area contributed by atoms with Crippen LogP contribution in [-0.4, -0.2) is 14.8 Å². The molecule has 0 saturated heterocycles. The van der Waals surface area contributed by atoms with Crippen molar-refractivity contribution in [2.45, 2.75) is 12.8 Å². The van der Waals surface area contributed by atoms with Crippen LogP contribution in [0, 0.1) is 6.92 Å². The summed E-state index contributed by atoms with van der Waals surface area (Å²) in [7, 11) is 0. The normalized spacial score (nSPS) is 11.0. The minimum Gasteiger partial charge on any atom is -0.251 e. The van der Waals surface area contributed by atoms with Crippen LogP contribution in [0.2, 0.25) is 0 Å². The van der Waals surface area contributed by atoms with E-state index >= 15 is 0 Å². The lowest BCUT2D eigenvalue weighted by Crippen LogP contribution is -1.99. The van der Waals surface area contributed by atoms with Crippen molar-refractivity contribution in [3.8, 4) is 5.69 Å². The second-order valence-electron chi connectivity index (χ2n) is 4.25. The Morgan fingerprint density at radius 3 is 2.83 bits per heavy atom. The van der Waals surface area contributed by atoms with E-state index in [0.29, 0.717) is 5.88 Å². The van der Waals surface area contributed by atoms with Gasteiger partial charge in [0.1, 0.15) is 0 Å². The molecular weight excluding hydrogens is 246 g/mol. The lowest BCUT2D eigenvalue weighted by atomic mass is 10.1. The predicted octanol–water partition coefficient (Wildman–Crippen LogP) is 3.47. The minimum atomic E-state index is 0.401. The summed E-state index contributed by atoms with van der Waals surface area (Å²) in [5, 5.41) is 5.44. The Labute approximate surface area is 110 Å². The van der Waals surface area contributed by atoms with E-state index in [9.17, 15) is 0 Å². The van der Waals surface area contributed by atoms with Crippen LogP contribution in [0.25, 0.3) is 16.6 Å². The fourth-order valence-electron chi connectivity index (χ4n) is 2.01. The van der Waals surface area contributed by atoms with Crippen LogP contribution in [0.5, 0.6) is 0 Å². The standard InChI is InChI=1S/C14H12ClN3/c1-10-8-16-18(9-10)14-6-11(7-15)17-13-5-3-2-4-12(13)14/h2-6,8-9H,7H2,1H3. The number of nitrogens with zero attached hydrogens (tertiary/aromatic N) is 3. The maximum absolute atomic E-state index is 5.90. The minimum absolute atomic E-state index is 0.401. The Morgan fingerprint density at radius 1 is 1.28 bits per heavy atom. The van der Waals surface area contributed by atoms with Gasteiger partial charge in [-0.3, -0.25) is 4.98 Å². The first-order valence-electron chi connectivity index (χ1n) is 5.74. The van der Waals surface area contributed by atoms with Crippen LogP contribution in [0.15, 0.2) is 42.7 Å². The third-order valence-corrected chi connectivity index (χ3v) is 3.12. The summed E-state index contributed by atoms with van der Waals surface area (Å²) in [6, 6.07) is 10.0. The molecule has 4 heteroatoms. The highest BCUT2D eigenvalue weighted by molar-refractivity contribution is 6.17. The quantitative estimate of drug-likeness (QED) is 0.658. The highest BCUT2D eigenvalue weighted by Gasteiger charge is 2.07. The Morgan fingerprint density at radius 2 is 2.11 bits per heavy atom. The van der Waals surface area contributed by atoms with Gasteiger partial charge in [0.05, 0.1) is 29.0 Å². The topological polar surface area (TPSA) is 30.7 Å². The molecule has 0 radical (unpaired) electrons. The largest absolute Gasteiger partial charge is 0.251 e. The molecule has 90 valence electrons. The molecule has 0 N–H and O–H groups in total. The zero-order chi connectivity index (χ0) is 12.5. The molecule has 3 rings (SSSR count). The van der Waals surface area contributed by atoms with E-state index in [4.69, 9.17) is 11.6 Å². The number of hydrogen-bond donors (Lipinski definition) is 0. The van der Waals surface area contributed by atoms with E-state index in [0.717, 1.165) is 27.8 Å². The van der Waals surface area contributed by atoms with Crippen LogP contribution in [0.1, 0.15) is 11.3 Å². The third kappa shape index (κ3) is 1.87. The van der Waals surface area contributed by atoms with Crippen molar-refractivity contribution in [2.24, 2.45) is 0 Å². The van der Waals surface area contributed by atoms with Crippen molar-refractivity contribution in [1.29, 1.82) is 0 Å². The maximum Gasteiger partial charge on any atom is 0.0758 e. The molecule has 0 spiro atoms. The van der Waals surface area contributed by atoms with E-state index in [2.05, 4.69) is 10.1 Å². The first-order valence-corrected chi connectivity index (χ1v) is 6.27. The van der Waals surface area contributed by atoms with E-state index in [1.807, 2.05) is 54.3 Å². The molecule has 3 aromatic rings. The van der Waals surface area contributed by atoms with Crippen molar-refractivity contribution < 1.29 is 0 Å². The first kappa shape index (κ1) is 11.2. The number of alkyl halides is 1. The molecule has 0 aliphatic heterocycles. The molecule has 0 atom stereocenters. The number of fused-ring (bicyclic) bond motifs is 1. The summed E-state index contributed by atoms with van der Waals surface area (Å²) in [6.45, 7) is 2.02. The van der Waals surface area contributed by atoms with E-state index in [1.54, 1.807) is 0 Å². The average Bonchev–Trinajstić information content (AvgIpc) is 2.84. The Bertz CT molecular complexity index is 703. The van der Waals surface area contributed by atoms with Crippen LogP contribution < -0.4 is 0 Å². The maximum atomic E-state index is 5.90. The van der Waals surface area contributed by atoms with Gasteiger partial charge in [-0.05, 0) is 24.6 Å². The summed E-state index contributed by atoms with van der Waals surface area (Å²) in [6.07, 6.45) is 3.84. The molecule has 3 nitrogen and oxygen atoms in total. The van der Waals surface area contributed by atoms with Crippen molar-refractivity contribution in [3.05, 3.63) is 54.0 Å². The van der Waals surface area contributed by atoms with Crippen molar-refractivity contribution in [3.63, 3.8) is 0 Å². The average molecular weight is 258 g/mol. The van der Waals surface area contributed by atoms with Gasteiger partial charge >= 0.3 is 0 Å². The van der Waals surface area contributed by atoms with Crippen LogP contribution in [-0.2, 0) is 5.88 Å². The molecule has 0 aliphatic rings. The molecule has 0 aliphatic carbocycles. The van der Waals surface area contributed by atoms with Crippen LogP contribution in [0.4, 0.5) is 0 Å². The molecule has 1 aromatic carbocycles. The summed E-state index contributed by atoms with van der Waals surface area (Å²) in [5.41, 5.74) is 3.95. The Balaban J connectivity index is 2.32. The van der Waals surface area contributed by atoms with E-state index in [-0.39, 0.29) is 0 Å². The lowest BCUT2D eigenvalue weighted by Gasteiger charge is -2.08. The molecule has 0 amide bonds. The molecule has 0 bridgehead atoms. The van der Waals surface area contributed by atoms with Crippen LogP contribution >= 0.6 is 11.6 Å². The SMILES string of the molecule is Cc1cnn(-c2cc(CCl)nc3ccccc23)c1.